The molecule has 3 atom stereocenters. The maximum absolute atomic E-state index is 6.29. The lowest BCUT2D eigenvalue weighted by Crippen LogP contribution is -2.29. The molecule has 1 N–H and O–H groups in total. The maximum atomic E-state index is 6.29. The zero-order valence-corrected chi connectivity index (χ0v) is 13.6. The van der Waals surface area contributed by atoms with Crippen LogP contribution in [0.4, 0.5) is 0 Å². The molecule has 1 fully saturated rings. The van der Waals surface area contributed by atoms with E-state index in [0.29, 0.717) is 6.10 Å². The predicted octanol–water partition coefficient (Wildman–Crippen LogP) is 3.63. The van der Waals surface area contributed by atoms with Gasteiger partial charge in [0.05, 0.1) is 12.7 Å². The van der Waals surface area contributed by atoms with E-state index in [2.05, 4.69) is 43.4 Å². The van der Waals surface area contributed by atoms with E-state index in [9.17, 15) is 0 Å². The highest BCUT2D eigenvalue weighted by molar-refractivity contribution is 5.33. The van der Waals surface area contributed by atoms with Gasteiger partial charge in [0.15, 0.2) is 0 Å². The Hall–Kier alpha value is -1.06. The Bertz CT molecular complexity index is 421. The van der Waals surface area contributed by atoms with E-state index in [1.54, 1.807) is 7.11 Å². The zero-order valence-electron chi connectivity index (χ0n) is 13.6. The number of methoxy groups -OCH3 is 1. The summed E-state index contributed by atoms with van der Waals surface area (Å²) in [5.74, 6) is 2.63. The normalized spacial score (nSPS) is 25.8. The first-order valence-electron chi connectivity index (χ1n) is 8.15. The van der Waals surface area contributed by atoms with Crippen LogP contribution in [-0.4, -0.2) is 26.4 Å². The van der Waals surface area contributed by atoms with Gasteiger partial charge in [-0.05, 0) is 37.2 Å². The minimum absolute atomic E-state index is 0.372. The maximum Gasteiger partial charge on any atom is 0.124 e. The molecule has 1 aromatic rings. The molecular weight excluding hydrogens is 262 g/mol. The summed E-state index contributed by atoms with van der Waals surface area (Å²) in [5, 5.41) is 3.39. The summed E-state index contributed by atoms with van der Waals surface area (Å²) in [4.78, 5) is 0. The quantitative estimate of drug-likeness (QED) is 0.778. The highest BCUT2D eigenvalue weighted by atomic mass is 16.5. The van der Waals surface area contributed by atoms with Crippen molar-refractivity contribution in [1.82, 2.24) is 5.32 Å². The third kappa shape index (κ3) is 5.01. The van der Waals surface area contributed by atoms with E-state index in [1.807, 2.05) is 0 Å². The van der Waals surface area contributed by atoms with Crippen LogP contribution in [0, 0.1) is 11.8 Å². The zero-order chi connectivity index (χ0) is 15.1. The Labute approximate surface area is 129 Å². The minimum atomic E-state index is 0.372. The van der Waals surface area contributed by atoms with Crippen LogP contribution in [0.25, 0.3) is 0 Å². The molecule has 2 rings (SSSR count). The molecular formula is C18H29NO2. The Morgan fingerprint density at radius 1 is 1.14 bits per heavy atom. The van der Waals surface area contributed by atoms with E-state index < -0.39 is 0 Å². The molecule has 118 valence electrons. The number of hydrogen-bond donors (Lipinski definition) is 1. The Morgan fingerprint density at radius 3 is 2.71 bits per heavy atom. The summed E-state index contributed by atoms with van der Waals surface area (Å²) in [7, 11) is 1.73. The summed E-state index contributed by atoms with van der Waals surface area (Å²) in [6.45, 7) is 7.13. The predicted molar refractivity (Wildman–Crippen MR) is 86.6 cm³/mol. The molecule has 21 heavy (non-hydrogen) atoms. The standard InChI is InChI=1S/C18H29NO2/c1-14-8-9-17(12-15(14)2)21-18-7-5-4-6-16(18)13-19-10-11-20-3/h4-7,14-15,17,19H,8-13H2,1-3H3. The first-order valence-corrected chi connectivity index (χ1v) is 8.15. The van der Waals surface area contributed by atoms with E-state index in [4.69, 9.17) is 9.47 Å². The molecule has 0 aromatic heterocycles. The van der Waals surface area contributed by atoms with Gasteiger partial charge >= 0.3 is 0 Å². The number of hydrogen-bond acceptors (Lipinski definition) is 3. The fraction of sp³-hybridized carbons (Fsp3) is 0.667. The molecule has 0 heterocycles. The lowest BCUT2D eigenvalue weighted by atomic mass is 9.80. The monoisotopic (exact) mass is 291 g/mol. The van der Waals surface area contributed by atoms with E-state index in [0.717, 1.165) is 37.3 Å². The van der Waals surface area contributed by atoms with Gasteiger partial charge in [0.25, 0.3) is 0 Å². The summed E-state index contributed by atoms with van der Waals surface area (Å²) < 4.78 is 11.4. The van der Waals surface area contributed by atoms with Crippen LogP contribution >= 0.6 is 0 Å². The van der Waals surface area contributed by atoms with Crippen LogP contribution < -0.4 is 10.1 Å². The Kier molecular flexibility index (Phi) is 6.52. The first-order chi connectivity index (χ1) is 10.2. The molecule has 0 radical (unpaired) electrons. The number of rotatable bonds is 7. The van der Waals surface area contributed by atoms with Crippen molar-refractivity contribution in [3.05, 3.63) is 29.8 Å². The average molecular weight is 291 g/mol. The van der Waals surface area contributed by atoms with Gasteiger partial charge in [-0.15, -0.1) is 0 Å². The highest BCUT2D eigenvalue weighted by Crippen LogP contribution is 2.32. The molecule has 0 aliphatic heterocycles. The summed E-state index contributed by atoms with van der Waals surface area (Å²) in [6.07, 6.45) is 4.00. The fourth-order valence-corrected chi connectivity index (χ4v) is 2.95. The van der Waals surface area contributed by atoms with Gasteiger partial charge in [0.2, 0.25) is 0 Å². The van der Waals surface area contributed by atoms with E-state index in [-0.39, 0.29) is 0 Å². The van der Waals surface area contributed by atoms with Crippen molar-refractivity contribution in [3.8, 4) is 5.75 Å². The lowest BCUT2D eigenvalue weighted by Gasteiger charge is -2.32. The molecule has 1 aliphatic carbocycles. The molecule has 3 heteroatoms. The third-order valence-electron chi connectivity index (χ3n) is 4.61. The smallest absolute Gasteiger partial charge is 0.124 e. The van der Waals surface area contributed by atoms with Crippen molar-refractivity contribution < 1.29 is 9.47 Å². The van der Waals surface area contributed by atoms with Gasteiger partial charge in [-0.1, -0.05) is 32.0 Å². The van der Waals surface area contributed by atoms with Crippen LogP contribution in [0.3, 0.4) is 0 Å². The largest absolute Gasteiger partial charge is 0.490 e. The molecule has 0 saturated heterocycles. The molecule has 1 aliphatic rings. The van der Waals surface area contributed by atoms with Crippen LogP contribution in [0.1, 0.15) is 38.7 Å². The van der Waals surface area contributed by atoms with Gasteiger partial charge in [-0.25, -0.2) is 0 Å². The molecule has 3 nitrogen and oxygen atoms in total. The summed E-state index contributed by atoms with van der Waals surface area (Å²) in [5.41, 5.74) is 1.24. The topological polar surface area (TPSA) is 30.5 Å². The lowest BCUT2D eigenvalue weighted by molar-refractivity contribution is 0.0995. The van der Waals surface area contributed by atoms with Crippen LogP contribution in [0.5, 0.6) is 5.75 Å². The van der Waals surface area contributed by atoms with Gasteiger partial charge in [-0.3, -0.25) is 0 Å². The fourth-order valence-electron chi connectivity index (χ4n) is 2.95. The van der Waals surface area contributed by atoms with Crippen molar-refractivity contribution in [2.45, 2.75) is 45.8 Å². The number of para-hydroxylation sites is 1. The number of nitrogens with one attached hydrogen (secondary N) is 1. The molecule has 1 saturated carbocycles. The first kappa shape index (κ1) is 16.3. The van der Waals surface area contributed by atoms with Gasteiger partial charge < -0.3 is 14.8 Å². The minimum Gasteiger partial charge on any atom is -0.490 e. The summed E-state index contributed by atoms with van der Waals surface area (Å²) >= 11 is 0. The molecule has 3 unspecified atom stereocenters. The van der Waals surface area contributed by atoms with Crippen LogP contribution in [0.2, 0.25) is 0 Å². The second kappa shape index (κ2) is 8.40. The van der Waals surface area contributed by atoms with Crippen molar-refractivity contribution in [1.29, 1.82) is 0 Å². The molecule has 1 aromatic carbocycles. The van der Waals surface area contributed by atoms with Crippen molar-refractivity contribution >= 4 is 0 Å². The molecule has 0 spiro atoms. The SMILES string of the molecule is COCCNCc1ccccc1OC1CCC(C)C(C)C1. The third-order valence-corrected chi connectivity index (χ3v) is 4.61. The number of benzene rings is 1. The highest BCUT2D eigenvalue weighted by Gasteiger charge is 2.26. The van der Waals surface area contributed by atoms with Crippen molar-refractivity contribution in [2.75, 3.05) is 20.3 Å². The van der Waals surface area contributed by atoms with Crippen molar-refractivity contribution in [3.63, 3.8) is 0 Å². The van der Waals surface area contributed by atoms with Gasteiger partial charge in [0.1, 0.15) is 5.75 Å². The second-order valence-corrected chi connectivity index (χ2v) is 6.28. The van der Waals surface area contributed by atoms with Gasteiger partial charge in [0, 0.05) is 25.8 Å². The summed E-state index contributed by atoms with van der Waals surface area (Å²) in [6, 6.07) is 8.37. The second-order valence-electron chi connectivity index (χ2n) is 6.28. The molecule has 0 amide bonds. The van der Waals surface area contributed by atoms with Crippen LogP contribution in [-0.2, 0) is 11.3 Å². The van der Waals surface area contributed by atoms with E-state index in [1.165, 1.54) is 24.8 Å². The molecule has 0 bridgehead atoms. The van der Waals surface area contributed by atoms with E-state index >= 15 is 0 Å². The van der Waals surface area contributed by atoms with Crippen molar-refractivity contribution in [2.24, 2.45) is 11.8 Å². The number of ether oxygens (including phenoxy) is 2. The Morgan fingerprint density at radius 2 is 1.95 bits per heavy atom. The Balaban J connectivity index is 1.90. The average Bonchev–Trinajstić information content (AvgIpc) is 2.49. The van der Waals surface area contributed by atoms with Crippen LogP contribution in [0.15, 0.2) is 24.3 Å². The van der Waals surface area contributed by atoms with Gasteiger partial charge in [-0.2, -0.15) is 0 Å².